The van der Waals surface area contributed by atoms with Crippen LogP contribution in [0.1, 0.15) is 26.2 Å². The molecule has 0 N–H and O–H groups in total. The zero-order chi connectivity index (χ0) is 11.1. The normalized spacial score (nSPS) is 17.1. The summed E-state index contributed by atoms with van der Waals surface area (Å²) in [6, 6.07) is 0. The van der Waals surface area contributed by atoms with Crippen molar-refractivity contribution in [3.8, 4) is 12.3 Å². The molecule has 1 amide bonds. The fourth-order valence-corrected chi connectivity index (χ4v) is 3.02. The number of rotatable bonds is 4. The molecule has 1 aliphatic heterocycles. The van der Waals surface area contributed by atoms with E-state index >= 15 is 0 Å². The van der Waals surface area contributed by atoms with Crippen LogP contribution < -0.4 is 0 Å². The van der Waals surface area contributed by atoms with Gasteiger partial charge in [0.15, 0.2) is 0 Å². The number of hydrogen-bond acceptors (Lipinski definition) is 2. The van der Waals surface area contributed by atoms with E-state index in [0.29, 0.717) is 18.9 Å². The molecule has 84 valence electrons. The zero-order valence-electron chi connectivity index (χ0n) is 9.37. The molecule has 1 fully saturated rings. The minimum Gasteiger partial charge on any atom is -0.332 e. The molecule has 0 radical (unpaired) electrons. The van der Waals surface area contributed by atoms with Gasteiger partial charge in [0.1, 0.15) is 0 Å². The quantitative estimate of drug-likeness (QED) is 0.682. The monoisotopic (exact) mass is 225 g/mol. The topological polar surface area (TPSA) is 20.3 Å². The molecule has 1 saturated heterocycles. The van der Waals surface area contributed by atoms with Gasteiger partial charge in [0.25, 0.3) is 0 Å². The second kappa shape index (κ2) is 6.79. The molecule has 0 unspecified atom stereocenters. The van der Waals surface area contributed by atoms with Crippen molar-refractivity contribution in [3.05, 3.63) is 0 Å². The van der Waals surface area contributed by atoms with Gasteiger partial charge in [-0.15, -0.1) is 6.42 Å². The van der Waals surface area contributed by atoms with Gasteiger partial charge >= 0.3 is 0 Å². The smallest absolute Gasteiger partial charge is 0.223 e. The van der Waals surface area contributed by atoms with Gasteiger partial charge in [0.2, 0.25) is 5.91 Å². The molecule has 0 bridgehead atoms. The first-order valence-corrected chi connectivity index (χ1v) is 6.72. The third kappa shape index (κ3) is 4.17. The lowest BCUT2D eigenvalue weighted by Gasteiger charge is -2.24. The molecule has 1 heterocycles. The summed E-state index contributed by atoms with van der Waals surface area (Å²) in [4.78, 5) is 13.6. The highest BCUT2D eigenvalue weighted by molar-refractivity contribution is 7.99. The van der Waals surface area contributed by atoms with Crippen LogP contribution in [0.25, 0.3) is 0 Å². The first-order chi connectivity index (χ1) is 7.27. The lowest BCUT2D eigenvalue weighted by atomic mass is 9.98. The maximum Gasteiger partial charge on any atom is 0.223 e. The molecule has 0 spiro atoms. The number of carbonyl (C=O) groups excluding carboxylic acids is 1. The van der Waals surface area contributed by atoms with Crippen molar-refractivity contribution >= 4 is 17.7 Å². The molecule has 0 aromatic carbocycles. The van der Waals surface area contributed by atoms with Gasteiger partial charge in [-0.3, -0.25) is 4.79 Å². The zero-order valence-corrected chi connectivity index (χ0v) is 10.2. The van der Waals surface area contributed by atoms with Gasteiger partial charge in [-0.25, -0.2) is 0 Å². The maximum absolute atomic E-state index is 11.9. The molecule has 2 nitrogen and oxygen atoms in total. The van der Waals surface area contributed by atoms with E-state index in [2.05, 4.69) is 5.92 Å². The maximum atomic E-state index is 11.9. The van der Waals surface area contributed by atoms with E-state index < -0.39 is 0 Å². The second-order valence-corrected chi connectivity index (χ2v) is 5.10. The van der Waals surface area contributed by atoms with Crippen molar-refractivity contribution < 1.29 is 4.79 Å². The van der Waals surface area contributed by atoms with Gasteiger partial charge < -0.3 is 4.90 Å². The Labute approximate surface area is 96.8 Å². The van der Waals surface area contributed by atoms with Crippen LogP contribution >= 0.6 is 11.8 Å². The van der Waals surface area contributed by atoms with E-state index in [1.54, 1.807) is 4.90 Å². The molecule has 0 atom stereocenters. The van der Waals surface area contributed by atoms with Gasteiger partial charge in [-0.1, -0.05) is 5.92 Å². The molecule has 1 aliphatic rings. The van der Waals surface area contributed by atoms with Crippen LogP contribution in [-0.2, 0) is 4.79 Å². The standard InChI is InChI=1S/C12H19NOS/c1-3-7-13(4-2)12(14)10-11-5-8-15-9-6-11/h1,11H,4-10H2,2H3. The van der Waals surface area contributed by atoms with E-state index in [1.807, 2.05) is 18.7 Å². The minimum atomic E-state index is 0.229. The van der Waals surface area contributed by atoms with E-state index in [9.17, 15) is 4.79 Å². The highest BCUT2D eigenvalue weighted by Crippen LogP contribution is 2.25. The summed E-state index contributed by atoms with van der Waals surface area (Å²) >= 11 is 1.99. The molecule has 15 heavy (non-hydrogen) atoms. The Morgan fingerprint density at radius 2 is 2.20 bits per heavy atom. The third-order valence-corrected chi connectivity index (χ3v) is 3.87. The average molecular weight is 225 g/mol. The van der Waals surface area contributed by atoms with Crippen LogP contribution in [0.5, 0.6) is 0 Å². The summed E-state index contributed by atoms with van der Waals surface area (Å²) in [5, 5.41) is 0. The Kier molecular flexibility index (Phi) is 5.63. The molecule has 0 aliphatic carbocycles. The Balaban J connectivity index is 2.35. The summed E-state index contributed by atoms with van der Waals surface area (Å²) in [6.45, 7) is 3.16. The SMILES string of the molecule is C#CCN(CC)C(=O)CC1CCSCC1. The summed E-state index contributed by atoms with van der Waals surface area (Å²) in [5.41, 5.74) is 0. The number of nitrogens with zero attached hydrogens (tertiary/aromatic N) is 1. The average Bonchev–Trinajstić information content (AvgIpc) is 2.27. The summed E-state index contributed by atoms with van der Waals surface area (Å²) < 4.78 is 0. The second-order valence-electron chi connectivity index (χ2n) is 3.87. The van der Waals surface area contributed by atoms with Crippen LogP contribution in [0.15, 0.2) is 0 Å². The number of terminal acetylenes is 1. The van der Waals surface area contributed by atoms with Gasteiger partial charge in [-0.05, 0) is 37.2 Å². The van der Waals surface area contributed by atoms with Crippen LogP contribution in [0.4, 0.5) is 0 Å². The lowest BCUT2D eigenvalue weighted by molar-refractivity contribution is -0.131. The van der Waals surface area contributed by atoms with Crippen LogP contribution in [-0.4, -0.2) is 35.4 Å². The predicted octanol–water partition coefficient (Wildman–Crippen LogP) is 2.00. The molecule has 0 aromatic rings. The third-order valence-electron chi connectivity index (χ3n) is 2.82. The van der Waals surface area contributed by atoms with Gasteiger partial charge in [-0.2, -0.15) is 11.8 Å². The van der Waals surface area contributed by atoms with E-state index in [0.717, 1.165) is 6.54 Å². The molecule has 3 heteroatoms. The predicted molar refractivity (Wildman–Crippen MR) is 65.8 cm³/mol. The molecular weight excluding hydrogens is 206 g/mol. The van der Waals surface area contributed by atoms with Crippen molar-refractivity contribution in [2.75, 3.05) is 24.6 Å². The number of carbonyl (C=O) groups is 1. The lowest BCUT2D eigenvalue weighted by Crippen LogP contribution is -2.33. The van der Waals surface area contributed by atoms with Gasteiger partial charge in [0.05, 0.1) is 6.54 Å². The molecule has 1 rings (SSSR count). The first-order valence-electron chi connectivity index (χ1n) is 5.57. The van der Waals surface area contributed by atoms with Crippen LogP contribution in [0, 0.1) is 18.3 Å². The Morgan fingerprint density at radius 3 is 2.73 bits per heavy atom. The minimum absolute atomic E-state index is 0.229. The van der Waals surface area contributed by atoms with Crippen molar-refractivity contribution in [3.63, 3.8) is 0 Å². The number of amides is 1. The van der Waals surface area contributed by atoms with Crippen LogP contribution in [0.3, 0.4) is 0 Å². The number of hydrogen-bond donors (Lipinski definition) is 0. The Bertz CT molecular complexity index is 240. The van der Waals surface area contributed by atoms with Crippen molar-refractivity contribution in [1.82, 2.24) is 4.90 Å². The summed E-state index contributed by atoms with van der Waals surface area (Å²) in [5.74, 6) is 5.77. The molecule has 0 saturated carbocycles. The fourth-order valence-electron chi connectivity index (χ4n) is 1.81. The van der Waals surface area contributed by atoms with Crippen molar-refractivity contribution in [2.45, 2.75) is 26.2 Å². The fraction of sp³-hybridized carbons (Fsp3) is 0.750. The van der Waals surface area contributed by atoms with Gasteiger partial charge in [0, 0.05) is 13.0 Å². The Morgan fingerprint density at radius 1 is 1.53 bits per heavy atom. The van der Waals surface area contributed by atoms with E-state index in [4.69, 9.17) is 6.42 Å². The Hall–Kier alpha value is -0.620. The van der Waals surface area contributed by atoms with Crippen LogP contribution in [0.2, 0.25) is 0 Å². The van der Waals surface area contributed by atoms with Crippen molar-refractivity contribution in [2.24, 2.45) is 5.92 Å². The van der Waals surface area contributed by atoms with Crippen molar-refractivity contribution in [1.29, 1.82) is 0 Å². The highest BCUT2D eigenvalue weighted by atomic mass is 32.2. The van der Waals surface area contributed by atoms with E-state index in [1.165, 1.54) is 24.3 Å². The molecule has 0 aromatic heterocycles. The summed E-state index contributed by atoms with van der Waals surface area (Å²) in [6.07, 6.45) is 8.29. The summed E-state index contributed by atoms with van der Waals surface area (Å²) in [7, 11) is 0. The largest absolute Gasteiger partial charge is 0.332 e. The first kappa shape index (κ1) is 12.4. The highest BCUT2D eigenvalue weighted by Gasteiger charge is 2.19. The number of thioether (sulfide) groups is 1. The van der Waals surface area contributed by atoms with E-state index in [-0.39, 0.29) is 5.91 Å². The molecular formula is C12H19NOS.